The number of piperazine rings is 1. The van der Waals surface area contributed by atoms with Crippen LogP contribution in [0.2, 0.25) is 5.02 Å². The molecule has 11 heteroatoms. The number of hydrogen-bond acceptors (Lipinski definition) is 6. The lowest BCUT2D eigenvalue weighted by molar-refractivity contribution is -0.138. The Balaban J connectivity index is 1.64. The van der Waals surface area contributed by atoms with E-state index in [0.717, 1.165) is 0 Å². The predicted molar refractivity (Wildman–Crippen MR) is 119 cm³/mol. The Labute approximate surface area is 194 Å². The first-order valence-corrected chi connectivity index (χ1v) is 12.7. The van der Waals surface area contributed by atoms with Gasteiger partial charge < -0.3 is 19.3 Å². The quantitative estimate of drug-likeness (QED) is 0.611. The molecule has 1 aromatic carbocycles. The SMILES string of the molecule is CCOC(=O)N1CCN(C(=O)[C@@H]2CCCN(S(=O)(=O)c3ccc(OCC)c(Cl)c3)C2)CC1. The number of ether oxygens (including phenoxy) is 2. The number of amides is 2. The fourth-order valence-corrected chi connectivity index (χ4v) is 5.86. The number of piperidine rings is 1. The summed E-state index contributed by atoms with van der Waals surface area (Å²) in [6.45, 7) is 6.43. The van der Waals surface area contributed by atoms with Gasteiger partial charge in [0.1, 0.15) is 5.75 Å². The number of hydrogen-bond donors (Lipinski definition) is 0. The van der Waals surface area contributed by atoms with Crippen LogP contribution in [0.5, 0.6) is 5.75 Å². The molecule has 2 fully saturated rings. The first kappa shape index (κ1) is 24.6. The van der Waals surface area contributed by atoms with Crippen LogP contribution in [0, 0.1) is 5.92 Å². The van der Waals surface area contributed by atoms with Crippen LogP contribution in [0.15, 0.2) is 23.1 Å². The molecule has 2 heterocycles. The summed E-state index contributed by atoms with van der Waals surface area (Å²) in [5.41, 5.74) is 0. The molecule has 2 saturated heterocycles. The maximum Gasteiger partial charge on any atom is 0.409 e. The lowest BCUT2D eigenvalue weighted by Crippen LogP contribution is -2.54. The average Bonchev–Trinajstić information content (AvgIpc) is 2.80. The van der Waals surface area contributed by atoms with Gasteiger partial charge >= 0.3 is 6.09 Å². The van der Waals surface area contributed by atoms with Gasteiger partial charge in [-0.1, -0.05) is 11.6 Å². The molecule has 9 nitrogen and oxygen atoms in total. The van der Waals surface area contributed by atoms with Gasteiger partial charge in [-0.05, 0) is 44.9 Å². The highest BCUT2D eigenvalue weighted by Crippen LogP contribution is 2.31. The second-order valence-corrected chi connectivity index (χ2v) is 10.1. The van der Waals surface area contributed by atoms with Crippen molar-refractivity contribution in [3.63, 3.8) is 0 Å². The molecule has 0 spiro atoms. The lowest BCUT2D eigenvalue weighted by atomic mass is 9.98. The first-order chi connectivity index (χ1) is 15.3. The van der Waals surface area contributed by atoms with Crippen molar-refractivity contribution in [2.75, 3.05) is 52.5 Å². The molecule has 0 bridgehead atoms. The van der Waals surface area contributed by atoms with Crippen molar-refractivity contribution in [2.45, 2.75) is 31.6 Å². The van der Waals surface area contributed by atoms with E-state index in [4.69, 9.17) is 21.1 Å². The highest BCUT2D eigenvalue weighted by Gasteiger charge is 2.36. The third-order valence-electron chi connectivity index (χ3n) is 5.69. The number of rotatable bonds is 6. The minimum Gasteiger partial charge on any atom is -0.492 e. The van der Waals surface area contributed by atoms with Crippen molar-refractivity contribution in [3.05, 3.63) is 23.2 Å². The Morgan fingerprint density at radius 2 is 1.75 bits per heavy atom. The zero-order valence-electron chi connectivity index (χ0n) is 18.5. The van der Waals surface area contributed by atoms with E-state index < -0.39 is 15.9 Å². The Morgan fingerprint density at radius 1 is 1.06 bits per heavy atom. The van der Waals surface area contributed by atoms with Crippen LogP contribution in [-0.4, -0.2) is 87.0 Å². The summed E-state index contributed by atoms with van der Waals surface area (Å²) in [6, 6.07) is 4.42. The Bertz CT molecular complexity index is 933. The van der Waals surface area contributed by atoms with Crippen molar-refractivity contribution in [2.24, 2.45) is 5.92 Å². The Hall–Kier alpha value is -2.04. The summed E-state index contributed by atoms with van der Waals surface area (Å²) in [4.78, 5) is 28.3. The Kier molecular flexibility index (Phi) is 8.24. The van der Waals surface area contributed by atoms with E-state index in [-0.39, 0.29) is 28.5 Å². The van der Waals surface area contributed by atoms with Crippen LogP contribution >= 0.6 is 11.6 Å². The van der Waals surface area contributed by atoms with E-state index >= 15 is 0 Å². The maximum atomic E-state index is 13.2. The van der Waals surface area contributed by atoms with Crippen LogP contribution in [-0.2, 0) is 19.6 Å². The van der Waals surface area contributed by atoms with Crippen molar-refractivity contribution >= 4 is 33.6 Å². The molecule has 0 unspecified atom stereocenters. The molecule has 32 heavy (non-hydrogen) atoms. The van der Waals surface area contributed by atoms with E-state index in [0.29, 0.717) is 64.5 Å². The van der Waals surface area contributed by atoms with E-state index in [1.807, 2.05) is 6.92 Å². The number of nitrogens with zero attached hydrogens (tertiary/aromatic N) is 3. The molecule has 2 aliphatic heterocycles. The van der Waals surface area contributed by atoms with Crippen molar-refractivity contribution in [1.82, 2.24) is 14.1 Å². The third kappa shape index (κ3) is 5.47. The van der Waals surface area contributed by atoms with Gasteiger partial charge in [0.05, 0.1) is 29.0 Å². The summed E-state index contributed by atoms with van der Waals surface area (Å²) < 4.78 is 38.1. The van der Waals surface area contributed by atoms with Crippen LogP contribution in [0.3, 0.4) is 0 Å². The van der Waals surface area contributed by atoms with Gasteiger partial charge in [-0.25, -0.2) is 13.2 Å². The van der Waals surface area contributed by atoms with Gasteiger partial charge in [-0.15, -0.1) is 0 Å². The topological polar surface area (TPSA) is 96.5 Å². The summed E-state index contributed by atoms with van der Waals surface area (Å²) in [6.07, 6.45) is 0.861. The largest absolute Gasteiger partial charge is 0.492 e. The molecule has 0 N–H and O–H groups in total. The number of carbonyl (C=O) groups is 2. The van der Waals surface area contributed by atoms with E-state index in [1.165, 1.54) is 16.4 Å². The number of sulfonamides is 1. The number of benzene rings is 1. The van der Waals surface area contributed by atoms with E-state index in [9.17, 15) is 18.0 Å². The Morgan fingerprint density at radius 3 is 2.38 bits per heavy atom. The van der Waals surface area contributed by atoms with Gasteiger partial charge in [-0.2, -0.15) is 4.31 Å². The zero-order chi connectivity index (χ0) is 23.3. The van der Waals surface area contributed by atoms with Crippen molar-refractivity contribution in [3.8, 4) is 5.75 Å². The zero-order valence-corrected chi connectivity index (χ0v) is 20.0. The smallest absolute Gasteiger partial charge is 0.409 e. The summed E-state index contributed by atoms with van der Waals surface area (Å²) in [5.74, 6) is -0.0502. The molecule has 0 aromatic heterocycles. The van der Waals surface area contributed by atoms with E-state index in [2.05, 4.69) is 0 Å². The molecule has 0 radical (unpaired) electrons. The molecule has 2 aliphatic rings. The second kappa shape index (κ2) is 10.7. The fourth-order valence-electron chi connectivity index (χ4n) is 4.01. The highest BCUT2D eigenvalue weighted by atomic mass is 35.5. The minimum absolute atomic E-state index is 0.0712. The van der Waals surface area contributed by atoms with E-state index in [1.54, 1.807) is 22.8 Å². The molecule has 2 amide bonds. The first-order valence-electron chi connectivity index (χ1n) is 10.9. The van der Waals surface area contributed by atoms with Gasteiger partial charge in [0.15, 0.2) is 0 Å². The molecule has 1 atom stereocenters. The lowest BCUT2D eigenvalue weighted by Gasteiger charge is -2.38. The summed E-state index contributed by atoms with van der Waals surface area (Å²) in [5, 5.41) is 0.233. The molecule has 178 valence electrons. The molecule has 1 aromatic rings. The third-order valence-corrected chi connectivity index (χ3v) is 7.85. The fraction of sp³-hybridized carbons (Fsp3) is 0.619. The highest BCUT2D eigenvalue weighted by molar-refractivity contribution is 7.89. The van der Waals surface area contributed by atoms with Crippen molar-refractivity contribution < 1.29 is 27.5 Å². The number of halogens is 1. The molecular formula is C21H30ClN3O6S. The van der Waals surface area contributed by atoms with Crippen LogP contribution in [0.4, 0.5) is 4.79 Å². The molecule has 0 saturated carbocycles. The average molecular weight is 488 g/mol. The minimum atomic E-state index is -3.79. The second-order valence-electron chi connectivity index (χ2n) is 7.74. The molecular weight excluding hydrogens is 458 g/mol. The predicted octanol–water partition coefficient (Wildman–Crippen LogP) is 2.44. The van der Waals surface area contributed by atoms with Gasteiger partial charge in [0, 0.05) is 39.3 Å². The summed E-state index contributed by atoms with van der Waals surface area (Å²) in [7, 11) is -3.79. The number of carbonyl (C=O) groups excluding carboxylic acids is 2. The molecule has 3 rings (SSSR count). The maximum absolute atomic E-state index is 13.2. The monoisotopic (exact) mass is 487 g/mol. The summed E-state index contributed by atoms with van der Waals surface area (Å²) >= 11 is 6.18. The van der Waals surface area contributed by atoms with Crippen LogP contribution in [0.25, 0.3) is 0 Å². The van der Waals surface area contributed by atoms with Gasteiger partial charge in [0.2, 0.25) is 15.9 Å². The standard InChI is InChI=1S/C21H30ClN3O6S/c1-3-30-19-8-7-17(14-18(19)22)32(28,29)25-9-5-6-16(15-25)20(26)23-10-12-24(13-11-23)21(27)31-4-2/h7-8,14,16H,3-6,9-13,15H2,1-2H3/t16-/m1/s1. The van der Waals surface area contributed by atoms with Crippen molar-refractivity contribution in [1.29, 1.82) is 0 Å². The van der Waals surface area contributed by atoms with Gasteiger partial charge in [0.25, 0.3) is 0 Å². The van der Waals surface area contributed by atoms with Crippen LogP contribution in [0.1, 0.15) is 26.7 Å². The molecule has 0 aliphatic carbocycles. The van der Waals surface area contributed by atoms with Crippen LogP contribution < -0.4 is 4.74 Å². The normalized spacial score (nSPS) is 20.2. The van der Waals surface area contributed by atoms with Gasteiger partial charge in [-0.3, -0.25) is 4.79 Å².